The second-order valence-electron chi connectivity index (χ2n) is 6.40. The monoisotopic (exact) mass is 369 g/mol. The lowest BCUT2D eigenvalue weighted by Crippen LogP contribution is -2.34. The second-order valence-corrected chi connectivity index (χ2v) is 7.27. The van der Waals surface area contributed by atoms with E-state index in [4.69, 9.17) is 0 Å². The lowest BCUT2D eigenvalue weighted by atomic mass is 10.1. The number of pyridine rings is 1. The summed E-state index contributed by atoms with van der Waals surface area (Å²) in [5.74, 6) is -0.317. The number of carbonyl (C=O) groups excluding carboxylic acids is 2. The van der Waals surface area contributed by atoms with Crippen molar-refractivity contribution in [2.45, 2.75) is 19.4 Å². The molecule has 7 nitrogen and oxygen atoms in total. The van der Waals surface area contributed by atoms with E-state index in [9.17, 15) is 9.59 Å². The topological polar surface area (TPSA) is 79.6 Å². The Morgan fingerprint density at radius 2 is 2.19 bits per heavy atom. The molecule has 1 saturated heterocycles. The van der Waals surface area contributed by atoms with Crippen molar-refractivity contribution in [1.29, 1.82) is 0 Å². The van der Waals surface area contributed by atoms with Crippen molar-refractivity contribution in [3.8, 4) is 0 Å². The first-order chi connectivity index (χ1) is 12.7. The maximum Gasteiger partial charge on any atom is 0.225 e. The Labute approximate surface area is 154 Å². The smallest absolute Gasteiger partial charge is 0.225 e. The van der Waals surface area contributed by atoms with E-state index < -0.39 is 0 Å². The van der Waals surface area contributed by atoms with E-state index in [2.05, 4.69) is 15.3 Å². The fourth-order valence-electron chi connectivity index (χ4n) is 3.16. The van der Waals surface area contributed by atoms with Crippen molar-refractivity contribution in [2.75, 3.05) is 13.1 Å². The Bertz CT molecular complexity index is 891. The minimum atomic E-state index is -0.283. The van der Waals surface area contributed by atoms with Gasteiger partial charge in [-0.05, 0) is 17.7 Å². The predicted molar refractivity (Wildman–Crippen MR) is 97.5 cm³/mol. The Hall–Kier alpha value is -2.74. The molecule has 26 heavy (non-hydrogen) atoms. The number of imidazole rings is 1. The van der Waals surface area contributed by atoms with Gasteiger partial charge in [-0.1, -0.05) is 0 Å². The Morgan fingerprint density at radius 3 is 3.00 bits per heavy atom. The number of thiazole rings is 1. The number of likely N-dealkylation sites (tertiary alicyclic amines) is 1. The molecule has 1 atom stereocenters. The summed E-state index contributed by atoms with van der Waals surface area (Å²) < 4.78 is 1.98. The van der Waals surface area contributed by atoms with Gasteiger partial charge in [0.05, 0.1) is 11.6 Å². The van der Waals surface area contributed by atoms with Crippen molar-refractivity contribution in [1.82, 2.24) is 24.6 Å². The number of amides is 2. The van der Waals surface area contributed by atoms with Gasteiger partial charge in [-0.3, -0.25) is 19.0 Å². The second kappa shape index (κ2) is 7.25. The number of aromatic nitrogens is 3. The first-order valence-electron chi connectivity index (χ1n) is 8.54. The van der Waals surface area contributed by atoms with Crippen LogP contribution in [0.2, 0.25) is 0 Å². The maximum atomic E-state index is 12.4. The van der Waals surface area contributed by atoms with E-state index in [1.165, 1.54) is 0 Å². The van der Waals surface area contributed by atoms with Gasteiger partial charge >= 0.3 is 0 Å². The molecule has 1 aliphatic heterocycles. The van der Waals surface area contributed by atoms with Crippen LogP contribution >= 0.6 is 11.3 Å². The summed E-state index contributed by atoms with van der Waals surface area (Å²) in [6, 6.07) is 3.77. The molecule has 3 aromatic heterocycles. The van der Waals surface area contributed by atoms with E-state index in [-0.39, 0.29) is 24.2 Å². The summed E-state index contributed by atoms with van der Waals surface area (Å²) in [5, 5.41) is 4.93. The molecule has 2 amide bonds. The molecular weight excluding hydrogens is 350 g/mol. The molecule has 134 valence electrons. The van der Waals surface area contributed by atoms with Gasteiger partial charge in [0.2, 0.25) is 11.8 Å². The average Bonchev–Trinajstić information content (AvgIpc) is 3.31. The highest BCUT2D eigenvalue weighted by Crippen LogP contribution is 2.20. The fraction of sp³-hybridized carbons (Fsp3) is 0.333. The lowest BCUT2D eigenvalue weighted by molar-refractivity contribution is -0.129. The summed E-state index contributed by atoms with van der Waals surface area (Å²) in [4.78, 5) is 35.7. The van der Waals surface area contributed by atoms with Crippen molar-refractivity contribution >= 4 is 28.1 Å². The first-order valence-corrected chi connectivity index (χ1v) is 9.42. The third kappa shape index (κ3) is 3.60. The first kappa shape index (κ1) is 16.7. The molecule has 8 heteroatoms. The third-order valence-corrected chi connectivity index (χ3v) is 5.30. The summed E-state index contributed by atoms with van der Waals surface area (Å²) in [7, 11) is 0. The average molecular weight is 369 g/mol. The van der Waals surface area contributed by atoms with Crippen LogP contribution in [0.5, 0.6) is 0 Å². The van der Waals surface area contributed by atoms with Crippen LogP contribution in [0.1, 0.15) is 17.7 Å². The predicted octanol–water partition coefficient (Wildman–Crippen LogP) is 1.50. The zero-order chi connectivity index (χ0) is 17.9. The molecule has 0 spiro atoms. The highest BCUT2D eigenvalue weighted by molar-refractivity contribution is 7.15. The number of nitrogens with one attached hydrogen (secondary N) is 1. The molecule has 0 aromatic carbocycles. The minimum absolute atomic E-state index is 0.0244. The molecule has 1 fully saturated rings. The third-order valence-electron chi connectivity index (χ3n) is 4.53. The van der Waals surface area contributed by atoms with Gasteiger partial charge in [0.1, 0.15) is 0 Å². The molecule has 0 radical (unpaired) electrons. The van der Waals surface area contributed by atoms with Crippen LogP contribution in [0, 0.1) is 5.92 Å². The summed E-state index contributed by atoms with van der Waals surface area (Å²) >= 11 is 1.59. The summed E-state index contributed by atoms with van der Waals surface area (Å²) in [6.45, 7) is 1.52. The van der Waals surface area contributed by atoms with E-state index in [0.717, 1.165) is 16.2 Å². The van der Waals surface area contributed by atoms with Crippen LogP contribution in [0.25, 0.3) is 4.96 Å². The van der Waals surface area contributed by atoms with Crippen molar-refractivity contribution in [2.24, 2.45) is 5.92 Å². The van der Waals surface area contributed by atoms with E-state index in [1.807, 2.05) is 34.3 Å². The highest BCUT2D eigenvalue weighted by Gasteiger charge is 2.34. The van der Waals surface area contributed by atoms with Gasteiger partial charge in [-0.2, -0.15) is 0 Å². The Balaban J connectivity index is 1.27. The summed E-state index contributed by atoms with van der Waals surface area (Å²) in [5.41, 5.74) is 1.98. The lowest BCUT2D eigenvalue weighted by Gasteiger charge is -2.16. The van der Waals surface area contributed by atoms with E-state index >= 15 is 0 Å². The zero-order valence-electron chi connectivity index (χ0n) is 14.2. The van der Waals surface area contributed by atoms with Crippen LogP contribution in [-0.4, -0.2) is 44.2 Å². The minimum Gasteiger partial charge on any atom is -0.355 e. The van der Waals surface area contributed by atoms with Crippen molar-refractivity contribution in [3.63, 3.8) is 0 Å². The zero-order valence-corrected chi connectivity index (χ0v) is 15.0. The van der Waals surface area contributed by atoms with Crippen molar-refractivity contribution in [3.05, 3.63) is 53.6 Å². The number of fused-ring (bicyclic) bond motifs is 1. The number of rotatable bonds is 6. The van der Waals surface area contributed by atoms with Gasteiger partial charge in [0.25, 0.3) is 0 Å². The van der Waals surface area contributed by atoms with Crippen LogP contribution < -0.4 is 5.32 Å². The molecule has 0 saturated carbocycles. The van der Waals surface area contributed by atoms with E-state index in [0.29, 0.717) is 26.1 Å². The molecule has 0 bridgehead atoms. The molecule has 4 rings (SSSR count). The molecule has 0 unspecified atom stereocenters. The summed E-state index contributed by atoms with van der Waals surface area (Å²) in [6.07, 6.45) is 8.32. The van der Waals surface area contributed by atoms with Crippen LogP contribution in [0.15, 0.2) is 42.3 Å². The largest absolute Gasteiger partial charge is 0.355 e. The number of nitrogens with zero attached hydrogens (tertiary/aromatic N) is 4. The fourth-order valence-corrected chi connectivity index (χ4v) is 3.88. The SMILES string of the molecule is O=C(NCCc1cn2ccsc2n1)[C@H]1CC(=O)N(Cc2ccncc2)C1. The van der Waals surface area contributed by atoms with Gasteiger partial charge in [-0.15, -0.1) is 11.3 Å². The molecule has 0 aliphatic carbocycles. The molecule has 3 aromatic rings. The molecule has 1 aliphatic rings. The van der Waals surface area contributed by atoms with Crippen LogP contribution in [0.4, 0.5) is 0 Å². The van der Waals surface area contributed by atoms with Crippen LogP contribution in [0.3, 0.4) is 0 Å². The van der Waals surface area contributed by atoms with Crippen LogP contribution in [-0.2, 0) is 22.6 Å². The molecule has 1 N–H and O–H groups in total. The Morgan fingerprint density at radius 1 is 1.35 bits per heavy atom. The van der Waals surface area contributed by atoms with Gasteiger partial charge < -0.3 is 10.2 Å². The number of carbonyl (C=O) groups is 2. The van der Waals surface area contributed by atoms with Gasteiger partial charge in [-0.25, -0.2) is 4.98 Å². The highest BCUT2D eigenvalue weighted by atomic mass is 32.1. The van der Waals surface area contributed by atoms with Gasteiger partial charge in [0, 0.05) is 62.6 Å². The van der Waals surface area contributed by atoms with E-state index in [1.54, 1.807) is 28.6 Å². The number of hydrogen-bond acceptors (Lipinski definition) is 5. The van der Waals surface area contributed by atoms with Crippen molar-refractivity contribution < 1.29 is 9.59 Å². The van der Waals surface area contributed by atoms with Gasteiger partial charge in [0.15, 0.2) is 4.96 Å². The normalized spacial score (nSPS) is 17.2. The standard InChI is InChI=1S/C18H19N5O2S/c24-16-9-14(11-23(16)10-13-1-4-19-5-2-13)17(25)20-6-3-15-12-22-7-8-26-18(22)21-15/h1-2,4-5,7-8,12,14H,3,6,9-11H2,(H,20,25)/t14-/m0/s1. The molecular formula is C18H19N5O2S. The maximum absolute atomic E-state index is 12.4. The molecule has 4 heterocycles. The Kier molecular flexibility index (Phi) is 4.66. The quantitative estimate of drug-likeness (QED) is 0.714. The number of hydrogen-bond donors (Lipinski definition) is 1.